The van der Waals surface area contributed by atoms with Crippen LogP contribution in [0.2, 0.25) is 0 Å². The van der Waals surface area contributed by atoms with Crippen LogP contribution in [0.5, 0.6) is 0 Å². The molecule has 7 heteroatoms. The van der Waals surface area contributed by atoms with Crippen molar-refractivity contribution < 1.29 is 4.39 Å². The largest absolute Gasteiger partial charge is 0.304 e. The molecule has 1 saturated heterocycles. The molecule has 0 atom stereocenters. The third-order valence-corrected chi connectivity index (χ3v) is 4.31. The Morgan fingerprint density at radius 3 is 2.88 bits per heavy atom. The SMILES string of the molecule is Cc1ccc(=O)n(CC2CN(Cc3cn4cc(F)ccc4n3)C2)n1. The summed E-state index contributed by atoms with van der Waals surface area (Å²) >= 11 is 0. The lowest BCUT2D eigenvalue weighted by atomic mass is 10.00. The van der Waals surface area contributed by atoms with E-state index in [9.17, 15) is 9.18 Å². The topological polar surface area (TPSA) is 55.4 Å². The van der Waals surface area contributed by atoms with Crippen LogP contribution in [0.25, 0.3) is 5.65 Å². The van der Waals surface area contributed by atoms with Crippen molar-refractivity contribution in [3.05, 3.63) is 64.2 Å². The van der Waals surface area contributed by atoms with E-state index in [0.717, 1.165) is 36.7 Å². The molecule has 0 saturated carbocycles. The molecular formula is C17H18FN5O. The van der Waals surface area contributed by atoms with Gasteiger partial charge in [0.15, 0.2) is 0 Å². The van der Waals surface area contributed by atoms with Crippen LogP contribution in [0.15, 0.2) is 41.5 Å². The Kier molecular flexibility index (Phi) is 3.65. The third kappa shape index (κ3) is 2.94. The summed E-state index contributed by atoms with van der Waals surface area (Å²) < 4.78 is 16.5. The molecule has 1 fully saturated rings. The van der Waals surface area contributed by atoms with Crippen LogP contribution in [0.4, 0.5) is 4.39 Å². The van der Waals surface area contributed by atoms with Crippen molar-refractivity contribution in [2.75, 3.05) is 13.1 Å². The van der Waals surface area contributed by atoms with Gasteiger partial charge in [0.1, 0.15) is 11.5 Å². The number of likely N-dealkylation sites (tertiary alicyclic amines) is 1. The van der Waals surface area contributed by atoms with E-state index < -0.39 is 0 Å². The highest BCUT2D eigenvalue weighted by Gasteiger charge is 2.28. The van der Waals surface area contributed by atoms with Gasteiger partial charge in [-0.15, -0.1) is 0 Å². The molecule has 24 heavy (non-hydrogen) atoms. The summed E-state index contributed by atoms with van der Waals surface area (Å²) in [4.78, 5) is 18.6. The van der Waals surface area contributed by atoms with Crippen LogP contribution in [0.3, 0.4) is 0 Å². The van der Waals surface area contributed by atoms with Gasteiger partial charge in [-0.2, -0.15) is 5.10 Å². The van der Waals surface area contributed by atoms with E-state index in [-0.39, 0.29) is 11.4 Å². The minimum atomic E-state index is -0.272. The Bertz CT molecular complexity index is 942. The third-order valence-electron chi connectivity index (χ3n) is 4.31. The molecule has 0 bridgehead atoms. The van der Waals surface area contributed by atoms with E-state index in [2.05, 4.69) is 15.0 Å². The van der Waals surface area contributed by atoms with Crippen LogP contribution >= 0.6 is 0 Å². The summed E-state index contributed by atoms with van der Waals surface area (Å²) in [6.45, 7) is 5.08. The first-order chi connectivity index (χ1) is 11.6. The van der Waals surface area contributed by atoms with Gasteiger partial charge in [-0.1, -0.05) is 0 Å². The monoisotopic (exact) mass is 327 g/mol. The second-order valence-corrected chi connectivity index (χ2v) is 6.40. The number of aromatic nitrogens is 4. The highest BCUT2D eigenvalue weighted by atomic mass is 19.1. The Morgan fingerprint density at radius 2 is 2.04 bits per heavy atom. The zero-order chi connectivity index (χ0) is 16.7. The van der Waals surface area contributed by atoms with Crippen molar-refractivity contribution in [2.24, 2.45) is 5.92 Å². The van der Waals surface area contributed by atoms with E-state index in [1.54, 1.807) is 27.3 Å². The molecule has 0 aromatic carbocycles. The minimum Gasteiger partial charge on any atom is -0.304 e. The van der Waals surface area contributed by atoms with E-state index >= 15 is 0 Å². The molecule has 4 heterocycles. The van der Waals surface area contributed by atoms with E-state index in [1.165, 1.54) is 12.3 Å². The van der Waals surface area contributed by atoms with Crippen molar-refractivity contribution in [3.8, 4) is 0 Å². The lowest BCUT2D eigenvalue weighted by Gasteiger charge is -2.38. The molecule has 1 aliphatic heterocycles. The first-order valence-corrected chi connectivity index (χ1v) is 7.97. The fraction of sp³-hybridized carbons (Fsp3) is 0.353. The molecule has 0 amide bonds. The molecule has 124 valence electrons. The summed E-state index contributed by atoms with van der Waals surface area (Å²) in [7, 11) is 0. The predicted molar refractivity (Wildman–Crippen MR) is 87.2 cm³/mol. The van der Waals surface area contributed by atoms with Crippen molar-refractivity contribution in [3.63, 3.8) is 0 Å². The molecule has 0 aliphatic carbocycles. The molecule has 0 spiro atoms. The van der Waals surface area contributed by atoms with Gasteiger partial charge in [0, 0.05) is 44.0 Å². The Hall–Kier alpha value is -2.54. The summed E-state index contributed by atoms with van der Waals surface area (Å²) in [5.41, 5.74) is 2.47. The highest BCUT2D eigenvalue weighted by molar-refractivity contribution is 5.39. The lowest BCUT2D eigenvalue weighted by Crippen LogP contribution is -2.48. The normalized spacial score (nSPS) is 15.8. The average molecular weight is 327 g/mol. The maximum Gasteiger partial charge on any atom is 0.266 e. The molecule has 6 nitrogen and oxygen atoms in total. The van der Waals surface area contributed by atoms with Gasteiger partial charge in [0.25, 0.3) is 5.56 Å². The number of pyridine rings is 1. The number of hydrogen-bond donors (Lipinski definition) is 0. The van der Waals surface area contributed by atoms with Gasteiger partial charge >= 0.3 is 0 Å². The van der Waals surface area contributed by atoms with Gasteiger partial charge < -0.3 is 4.40 Å². The number of fused-ring (bicyclic) bond motifs is 1. The van der Waals surface area contributed by atoms with Crippen molar-refractivity contribution in [1.29, 1.82) is 0 Å². The minimum absolute atomic E-state index is 0.0542. The summed E-state index contributed by atoms with van der Waals surface area (Å²) in [5, 5.41) is 4.28. The smallest absolute Gasteiger partial charge is 0.266 e. The maximum atomic E-state index is 13.2. The quantitative estimate of drug-likeness (QED) is 0.728. The molecule has 0 unspecified atom stereocenters. The first-order valence-electron chi connectivity index (χ1n) is 7.97. The predicted octanol–water partition coefficient (Wildman–Crippen LogP) is 1.47. The van der Waals surface area contributed by atoms with Gasteiger partial charge in [-0.05, 0) is 25.1 Å². The molecule has 1 aliphatic rings. The molecule has 4 rings (SSSR count). The molecule has 0 radical (unpaired) electrons. The van der Waals surface area contributed by atoms with Crippen LogP contribution < -0.4 is 5.56 Å². The van der Waals surface area contributed by atoms with Gasteiger partial charge in [0.05, 0.1) is 17.9 Å². The molecule has 0 N–H and O–H groups in total. The number of nitrogens with zero attached hydrogens (tertiary/aromatic N) is 5. The first kappa shape index (κ1) is 15.0. The lowest BCUT2D eigenvalue weighted by molar-refractivity contribution is 0.0754. The van der Waals surface area contributed by atoms with Crippen molar-refractivity contribution >= 4 is 5.65 Å². The second kappa shape index (κ2) is 5.83. The standard InChI is InChI=1S/C17H18FN5O/c1-12-2-5-17(24)23(20-12)8-13-6-21(7-13)10-15-11-22-9-14(18)3-4-16(22)19-15/h2-5,9,11,13H,6-8,10H2,1H3. The number of halogens is 1. The number of imidazole rings is 1. The molecular weight excluding hydrogens is 309 g/mol. The Labute approximate surface area is 138 Å². The van der Waals surface area contributed by atoms with E-state index in [0.29, 0.717) is 12.5 Å². The van der Waals surface area contributed by atoms with Crippen LogP contribution in [-0.4, -0.2) is 37.2 Å². The maximum absolute atomic E-state index is 13.2. The Balaban J connectivity index is 1.37. The Morgan fingerprint density at radius 1 is 1.21 bits per heavy atom. The molecule has 3 aromatic heterocycles. The number of hydrogen-bond acceptors (Lipinski definition) is 4. The second-order valence-electron chi connectivity index (χ2n) is 6.40. The van der Waals surface area contributed by atoms with Crippen LogP contribution in [0.1, 0.15) is 11.4 Å². The fourth-order valence-corrected chi connectivity index (χ4v) is 3.17. The number of rotatable bonds is 4. The zero-order valence-corrected chi connectivity index (χ0v) is 13.4. The van der Waals surface area contributed by atoms with Crippen molar-refractivity contribution in [1.82, 2.24) is 24.1 Å². The average Bonchev–Trinajstić information content (AvgIpc) is 2.90. The van der Waals surface area contributed by atoms with Gasteiger partial charge in [-0.3, -0.25) is 9.69 Å². The summed E-state index contributed by atoms with van der Waals surface area (Å²) in [6.07, 6.45) is 3.29. The zero-order valence-electron chi connectivity index (χ0n) is 13.4. The number of aryl methyl sites for hydroxylation is 1. The highest BCUT2D eigenvalue weighted by Crippen LogP contribution is 2.19. The van der Waals surface area contributed by atoms with Crippen molar-refractivity contribution in [2.45, 2.75) is 20.0 Å². The van der Waals surface area contributed by atoms with E-state index in [1.807, 2.05) is 13.1 Å². The van der Waals surface area contributed by atoms with Crippen LogP contribution in [0, 0.1) is 18.7 Å². The van der Waals surface area contributed by atoms with Gasteiger partial charge in [-0.25, -0.2) is 14.1 Å². The summed E-state index contributed by atoms with van der Waals surface area (Å²) in [5.74, 6) is 0.151. The van der Waals surface area contributed by atoms with Crippen LogP contribution in [-0.2, 0) is 13.1 Å². The van der Waals surface area contributed by atoms with E-state index in [4.69, 9.17) is 0 Å². The summed E-state index contributed by atoms with van der Waals surface area (Å²) in [6, 6.07) is 6.39. The fourth-order valence-electron chi connectivity index (χ4n) is 3.17. The van der Waals surface area contributed by atoms with Gasteiger partial charge in [0.2, 0.25) is 0 Å². The molecule has 3 aromatic rings.